The van der Waals surface area contributed by atoms with E-state index in [9.17, 15) is 9.18 Å². The summed E-state index contributed by atoms with van der Waals surface area (Å²) in [5, 5.41) is 9.29. The third kappa shape index (κ3) is 1.68. The lowest BCUT2D eigenvalue weighted by molar-refractivity contribution is -0.114. The number of hydrogen-bond acceptors (Lipinski definition) is 2. The molecule has 0 bridgehead atoms. The fourth-order valence-corrected chi connectivity index (χ4v) is 2.04. The van der Waals surface area contributed by atoms with Crippen molar-refractivity contribution in [1.29, 1.82) is 0 Å². The Morgan fingerprint density at radius 2 is 2.38 bits per heavy atom. The number of H-pyrrole nitrogens is 1. The lowest BCUT2D eigenvalue weighted by Gasteiger charge is -2.08. The van der Waals surface area contributed by atoms with Gasteiger partial charge < -0.3 is 5.32 Å². The first kappa shape index (κ1) is 11.3. The summed E-state index contributed by atoms with van der Waals surface area (Å²) in [5.41, 5.74) is 0.400. The van der Waals surface area contributed by atoms with E-state index in [0.717, 1.165) is 0 Å². The smallest absolute Gasteiger partial charge is 0.221 e. The van der Waals surface area contributed by atoms with Crippen LogP contribution in [0.25, 0.3) is 10.9 Å². The zero-order chi connectivity index (χ0) is 11.9. The molecule has 0 aliphatic rings. The maximum absolute atomic E-state index is 13.8. The van der Waals surface area contributed by atoms with Crippen LogP contribution in [0.5, 0.6) is 0 Å². The van der Waals surface area contributed by atoms with Crippen LogP contribution in [0.1, 0.15) is 6.92 Å². The molecule has 0 aliphatic heterocycles. The van der Waals surface area contributed by atoms with Gasteiger partial charge in [-0.1, -0.05) is 11.6 Å². The number of aromatic nitrogens is 2. The Kier molecular flexibility index (Phi) is 2.86. The number of aromatic amines is 1. The predicted molar refractivity (Wildman–Crippen MR) is 63.1 cm³/mol. The molecular weight excluding hydrogens is 300 g/mol. The summed E-state index contributed by atoms with van der Waals surface area (Å²) in [6, 6.07) is 0. The second-order valence-electron chi connectivity index (χ2n) is 3.16. The average molecular weight is 307 g/mol. The number of fused-ring (bicyclic) bond motifs is 1. The van der Waals surface area contributed by atoms with Gasteiger partial charge in [-0.25, -0.2) is 4.39 Å². The van der Waals surface area contributed by atoms with Crippen LogP contribution in [-0.4, -0.2) is 16.1 Å². The Balaban J connectivity index is 2.80. The standard InChI is InChI=1S/C9H6BrClFN3O/c1-3(16)14-9-7(12)6(11)5(10)4-2-13-15-8(4)9/h2H,1H3,(H,13,15)(H,14,16). The zero-order valence-corrected chi connectivity index (χ0v) is 10.4. The molecule has 2 N–H and O–H groups in total. The van der Waals surface area contributed by atoms with E-state index in [4.69, 9.17) is 11.6 Å². The minimum absolute atomic E-state index is 0.00759. The van der Waals surface area contributed by atoms with Crippen LogP contribution in [0.3, 0.4) is 0 Å². The minimum atomic E-state index is -0.694. The summed E-state index contributed by atoms with van der Waals surface area (Å²) in [4.78, 5) is 11.0. The van der Waals surface area contributed by atoms with E-state index in [1.807, 2.05) is 0 Å². The summed E-state index contributed by atoms with van der Waals surface area (Å²) in [7, 11) is 0. The highest BCUT2D eigenvalue weighted by Crippen LogP contribution is 2.38. The van der Waals surface area contributed by atoms with Crippen molar-refractivity contribution >= 4 is 50.0 Å². The summed E-state index contributed by atoms with van der Waals surface area (Å²) in [5.74, 6) is -1.08. The first-order valence-electron chi connectivity index (χ1n) is 4.29. The number of halogens is 3. The van der Waals surface area contributed by atoms with Gasteiger partial charge in [0.1, 0.15) is 5.69 Å². The van der Waals surface area contributed by atoms with E-state index >= 15 is 0 Å². The molecule has 1 amide bonds. The number of carbonyl (C=O) groups excluding carboxylic acids is 1. The molecule has 84 valence electrons. The highest BCUT2D eigenvalue weighted by molar-refractivity contribution is 9.10. The van der Waals surface area contributed by atoms with Gasteiger partial charge in [0.25, 0.3) is 0 Å². The van der Waals surface area contributed by atoms with E-state index in [1.54, 1.807) is 0 Å². The van der Waals surface area contributed by atoms with E-state index in [1.165, 1.54) is 13.1 Å². The van der Waals surface area contributed by atoms with Crippen molar-refractivity contribution in [2.24, 2.45) is 0 Å². The average Bonchev–Trinajstić information content (AvgIpc) is 2.69. The third-order valence-corrected chi connectivity index (χ3v) is 3.44. The molecule has 1 aromatic carbocycles. The molecule has 0 fully saturated rings. The van der Waals surface area contributed by atoms with Crippen molar-refractivity contribution in [3.05, 3.63) is 21.5 Å². The van der Waals surface area contributed by atoms with Gasteiger partial charge in [0.2, 0.25) is 5.91 Å². The second-order valence-corrected chi connectivity index (χ2v) is 4.33. The van der Waals surface area contributed by atoms with Crippen LogP contribution in [0, 0.1) is 5.82 Å². The van der Waals surface area contributed by atoms with Crippen molar-refractivity contribution in [1.82, 2.24) is 10.2 Å². The number of hydrogen-bond donors (Lipinski definition) is 2. The van der Waals surface area contributed by atoms with Crippen LogP contribution in [0.2, 0.25) is 5.02 Å². The molecule has 0 saturated carbocycles. The maximum atomic E-state index is 13.8. The zero-order valence-electron chi connectivity index (χ0n) is 8.07. The highest BCUT2D eigenvalue weighted by atomic mass is 79.9. The highest BCUT2D eigenvalue weighted by Gasteiger charge is 2.19. The lowest BCUT2D eigenvalue weighted by atomic mass is 10.2. The van der Waals surface area contributed by atoms with Crippen LogP contribution in [-0.2, 0) is 4.79 Å². The number of anilines is 1. The topological polar surface area (TPSA) is 57.8 Å². The Morgan fingerprint density at radius 1 is 1.69 bits per heavy atom. The second kappa shape index (κ2) is 4.03. The van der Waals surface area contributed by atoms with Gasteiger partial charge >= 0.3 is 0 Å². The molecule has 0 unspecified atom stereocenters. The van der Waals surface area contributed by atoms with E-state index in [2.05, 4.69) is 31.4 Å². The van der Waals surface area contributed by atoms with Crippen molar-refractivity contribution < 1.29 is 9.18 Å². The molecule has 4 nitrogen and oxygen atoms in total. The van der Waals surface area contributed by atoms with Gasteiger partial charge in [-0.2, -0.15) is 5.10 Å². The third-order valence-electron chi connectivity index (χ3n) is 2.03. The monoisotopic (exact) mass is 305 g/mol. The van der Waals surface area contributed by atoms with Crippen LogP contribution in [0.15, 0.2) is 10.7 Å². The first-order valence-corrected chi connectivity index (χ1v) is 5.46. The van der Waals surface area contributed by atoms with Gasteiger partial charge in [0.15, 0.2) is 5.82 Å². The molecule has 1 aromatic heterocycles. The van der Waals surface area contributed by atoms with Crippen molar-refractivity contribution in [3.63, 3.8) is 0 Å². The van der Waals surface area contributed by atoms with Gasteiger partial charge in [-0.3, -0.25) is 9.89 Å². The fraction of sp³-hybridized carbons (Fsp3) is 0.111. The molecule has 0 radical (unpaired) electrons. The number of carbonyl (C=O) groups is 1. The fourth-order valence-electron chi connectivity index (χ4n) is 1.37. The predicted octanol–water partition coefficient (Wildman–Crippen LogP) is 3.08. The molecule has 2 rings (SSSR count). The first-order chi connectivity index (χ1) is 7.52. The molecule has 7 heteroatoms. The Bertz CT molecular complexity index is 584. The maximum Gasteiger partial charge on any atom is 0.221 e. The van der Waals surface area contributed by atoms with Crippen molar-refractivity contribution in [3.8, 4) is 0 Å². The normalized spacial score (nSPS) is 10.8. The molecule has 0 saturated heterocycles. The van der Waals surface area contributed by atoms with Crippen molar-refractivity contribution in [2.45, 2.75) is 6.92 Å². The molecule has 0 atom stereocenters. The van der Waals surface area contributed by atoms with Crippen LogP contribution in [0.4, 0.5) is 10.1 Å². The number of rotatable bonds is 1. The van der Waals surface area contributed by atoms with Gasteiger partial charge in [0.05, 0.1) is 21.2 Å². The molecule has 16 heavy (non-hydrogen) atoms. The Hall–Kier alpha value is -1.14. The molecular formula is C9H6BrClFN3O. The van der Waals surface area contributed by atoms with Gasteiger partial charge in [-0.05, 0) is 15.9 Å². The van der Waals surface area contributed by atoms with E-state index in [0.29, 0.717) is 15.4 Å². The van der Waals surface area contributed by atoms with E-state index in [-0.39, 0.29) is 16.6 Å². The van der Waals surface area contributed by atoms with E-state index < -0.39 is 5.82 Å². The summed E-state index contributed by atoms with van der Waals surface area (Å²) in [6.45, 7) is 1.29. The largest absolute Gasteiger partial charge is 0.322 e. The number of amides is 1. The quantitative estimate of drug-likeness (QED) is 0.796. The molecule has 1 heterocycles. The SMILES string of the molecule is CC(=O)Nc1c(F)c(Cl)c(Br)c2cn[nH]c12. The Labute approximate surface area is 103 Å². The Morgan fingerprint density at radius 3 is 3.00 bits per heavy atom. The molecule has 0 spiro atoms. The summed E-state index contributed by atoms with van der Waals surface area (Å²) < 4.78 is 14.2. The molecule has 0 aliphatic carbocycles. The lowest BCUT2D eigenvalue weighted by Crippen LogP contribution is -2.08. The minimum Gasteiger partial charge on any atom is -0.322 e. The molecule has 2 aromatic rings. The number of nitrogens with one attached hydrogen (secondary N) is 2. The summed E-state index contributed by atoms with van der Waals surface area (Å²) >= 11 is 8.95. The van der Waals surface area contributed by atoms with Gasteiger partial charge in [-0.15, -0.1) is 0 Å². The van der Waals surface area contributed by atoms with Gasteiger partial charge in [0, 0.05) is 12.3 Å². The summed E-state index contributed by atoms with van der Waals surface area (Å²) in [6.07, 6.45) is 1.50. The van der Waals surface area contributed by atoms with Crippen LogP contribution >= 0.6 is 27.5 Å². The number of benzene rings is 1. The van der Waals surface area contributed by atoms with Crippen LogP contribution < -0.4 is 5.32 Å². The van der Waals surface area contributed by atoms with Crippen molar-refractivity contribution in [2.75, 3.05) is 5.32 Å². The number of nitrogens with zero attached hydrogens (tertiary/aromatic N) is 1.